The van der Waals surface area contributed by atoms with Crippen molar-refractivity contribution in [3.63, 3.8) is 0 Å². The van der Waals surface area contributed by atoms with E-state index in [0.29, 0.717) is 11.7 Å². The summed E-state index contributed by atoms with van der Waals surface area (Å²) in [6, 6.07) is 0. The van der Waals surface area contributed by atoms with E-state index in [1.165, 1.54) is 0 Å². The Labute approximate surface area is 88.7 Å². The molecule has 0 bridgehead atoms. The predicted molar refractivity (Wildman–Crippen MR) is 60.0 cm³/mol. The van der Waals surface area contributed by atoms with Crippen LogP contribution < -0.4 is 0 Å². The fourth-order valence-electron chi connectivity index (χ4n) is 0.934. The minimum Gasteiger partial charge on any atom is -0.236 e. The van der Waals surface area contributed by atoms with Crippen LogP contribution in [0, 0.1) is 0 Å². The summed E-state index contributed by atoms with van der Waals surface area (Å²) in [5.74, 6) is 1.06. The lowest BCUT2D eigenvalue weighted by Crippen LogP contribution is -1.93. The van der Waals surface area contributed by atoms with Crippen molar-refractivity contribution >= 4 is 17.2 Å². The van der Waals surface area contributed by atoms with Crippen molar-refractivity contribution in [3.8, 4) is 0 Å². The zero-order chi connectivity index (χ0) is 10.4. The summed E-state index contributed by atoms with van der Waals surface area (Å²) < 4.78 is 0. The van der Waals surface area contributed by atoms with Crippen LogP contribution in [0.5, 0.6) is 0 Å². The van der Waals surface area contributed by atoms with Gasteiger partial charge in [-0.05, 0) is 0 Å². The second-order valence-corrected chi connectivity index (χ2v) is 2.88. The summed E-state index contributed by atoms with van der Waals surface area (Å²) in [5, 5.41) is 0. The van der Waals surface area contributed by atoms with Crippen LogP contribution >= 0.6 is 11.6 Å². The zero-order valence-electron chi connectivity index (χ0n) is 7.78. The van der Waals surface area contributed by atoms with Crippen LogP contribution in [0.25, 0.3) is 5.57 Å². The van der Waals surface area contributed by atoms with Gasteiger partial charge >= 0.3 is 0 Å². The van der Waals surface area contributed by atoms with Gasteiger partial charge in [0.05, 0.1) is 5.88 Å². The Balaban J connectivity index is 3.00. The van der Waals surface area contributed by atoms with Gasteiger partial charge in [-0.3, -0.25) is 0 Å². The van der Waals surface area contributed by atoms with Crippen molar-refractivity contribution in [2.75, 3.05) is 0 Å². The van der Waals surface area contributed by atoms with E-state index in [2.05, 4.69) is 23.1 Å². The van der Waals surface area contributed by atoms with Gasteiger partial charge in [0.25, 0.3) is 0 Å². The first-order valence-corrected chi connectivity index (χ1v) is 4.67. The molecule has 0 fully saturated rings. The van der Waals surface area contributed by atoms with E-state index in [1.807, 2.05) is 6.08 Å². The summed E-state index contributed by atoms with van der Waals surface area (Å²) in [6.07, 6.45) is 8.58. The molecule has 0 aliphatic heterocycles. The molecule has 1 heterocycles. The second kappa shape index (κ2) is 5.35. The third-order valence-corrected chi connectivity index (χ3v) is 1.94. The largest absolute Gasteiger partial charge is 0.236 e. The summed E-state index contributed by atoms with van der Waals surface area (Å²) in [7, 11) is 0. The van der Waals surface area contributed by atoms with Gasteiger partial charge in [0.15, 0.2) is 5.82 Å². The minimum atomic E-state index is 0.425. The molecule has 0 atom stereocenters. The van der Waals surface area contributed by atoms with Gasteiger partial charge in [-0.2, -0.15) is 0 Å². The maximum atomic E-state index is 5.62. The van der Waals surface area contributed by atoms with E-state index >= 15 is 0 Å². The number of hydrogen-bond acceptors (Lipinski definition) is 2. The Kier molecular flexibility index (Phi) is 4.08. The van der Waals surface area contributed by atoms with Gasteiger partial charge in [-0.1, -0.05) is 31.4 Å². The van der Waals surface area contributed by atoms with Crippen molar-refractivity contribution in [1.82, 2.24) is 9.97 Å². The van der Waals surface area contributed by atoms with E-state index in [4.69, 9.17) is 11.6 Å². The van der Waals surface area contributed by atoms with E-state index in [-0.39, 0.29) is 0 Å². The average Bonchev–Trinajstić information content (AvgIpc) is 2.26. The van der Waals surface area contributed by atoms with Gasteiger partial charge < -0.3 is 0 Å². The van der Waals surface area contributed by atoms with Crippen LogP contribution in [-0.2, 0) is 5.88 Å². The zero-order valence-corrected chi connectivity index (χ0v) is 8.54. The number of rotatable bonds is 4. The van der Waals surface area contributed by atoms with E-state index < -0.39 is 0 Å². The maximum Gasteiger partial charge on any atom is 0.159 e. The first-order chi connectivity index (χ1) is 6.81. The quantitative estimate of drug-likeness (QED) is 0.559. The molecule has 1 rings (SSSR count). The van der Waals surface area contributed by atoms with Crippen molar-refractivity contribution in [2.24, 2.45) is 0 Å². The Morgan fingerprint density at radius 3 is 2.43 bits per heavy atom. The second-order valence-electron chi connectivity index (χ2n) is 2.61. The van der Waals surface area contributed by atoms with Crippen LogP contribution in [0.3, 0.4) is 0 Å². The number of allylic oxidation sites excluding steroid dienone is 4. The van der Waals surface area contributed by atoms with E-state index in [0.717, 1.165) is 11.1 Å². The normalized spacial score (nSPS) is 11.1. The Morgan fingerprint density at radius 2 is 2.00 bits per heavy atom. The molecule has 0 aromatic carbocycles. The fourth-order valence-corrected chi connectivity index (χ4v) is 1.07. The first-order valence-electron chi connectivity index (χ1n) is 4.14. The number of hydrogen-bond donors (Lipinski definition) is 0. The number of alkyl halides is 1. The summed E-state index contributed by atoms with van der Waals surface area (Å²) in [4.78, 5) is 8.31. The molecule has 0 aliphatic rings. The number of halogens is 1. The Bertz CT molecular complexity index is 352. The third kappa shape index (κ3) is 2.54. The minimum absolute atomic E-state index is 0.425. The Hall–Kier alpha value is -1.41. The molecule has 0 saturated heterocycles. The summed E-state index contributed by atoms with van der Waals surface area (Å²) in [5.41, 5.74) is 1.75. The molecular weight excluding hydrogens is 196 g/mol. The standard InChI is InChI=1S/C11H11ClN2/c1-3-5-10(4-2)11-13-7-9(6-12)8-14-11/h3-5,7-8H,1-2,6H2/b10-5+. The topological polar surface area (TPSA) is 25.8 Å². The molecule has 72 valence electrons. The molecule has 2 nitrogen and oxygen atoms in total. The fraction of sp³-hybridized carbons (Fsp3) is 0.0909. The van der Waals surface area contributed by atoms with Crippen LogP contribution in [0.1, 0.15) is 11.4 Å². The van der Waals surface area contributed by atoms with Crippen LogP contribution in [0.2, 0.25) is 0 Å². The number of nitrogens with zero attached hydrogens (tertiary/aromatic N) is 2. The maximum absolute atomic E-state index is 5.62. The highest BCUT2D eigenvalue weighted by atomic mass is 35.5. The molecule has 14 heavy (non-hydrogen) atoms. The molecule has 0 spiro atoms. The van der Waals surface area contributed by atoms with Gasteiger partial charge in [0, 0.05) is 23.5 Å². The van der Waals surface area contributed by atoms with Gasteiger partial charge in [-0.15, -0.1) is 11.6 Å². The molecule has 1 aromatic heterocycles. The van der Waals surface area contributed by atoms with Crippen LogP contribution in [0.4, 0.5) is 0 Å². The summed E-state index contributed by atoms with van der Waals surface area (Å²) >= 11 is 5.62. The monoisotopic (exact) mass is 206 g/mol. The highest BCUT2D eigenvalue weighted by molar-refractivity contribution is 6.17. The Morgan fingerprint density at radius 1 is 1.36 bits per heavy atom. The van der Waals surface area contributed by atoms with Crippen molar-refractivity contribution in [3.05, 3.63) is 55.2 Å². The SMILES string of the molecule is C=C/C=C(\C=C)c1ncc(CCl)cn1. The van der Waals surface area contributed by atoms with Crippen molar-refractivity contribution in [2.45, 2.75) is 5.88 Å². The lowest BCUT2D eigenvalue weighted by molar-refractivity contribution is 1.08. The van der Waals surface area contributed by atoms with Gasteiger partial charge in [-0.25, -0.2) is 9.97 Å². The molecule has 0 aliphatic carbocycles. The van der Waals surface area contributed by atoms with E-state index in [9.17, 15) is 0 Å². The van der Waals surface area contributed by atoms with Crippen molar-refractivity contribution in [1.29, 1.82) is 0 Å². The molecule has 0 saturated carbocycles. The van der Waals surface area contributed by atoms with Gasteiger partial charge in [0.1, 0.15) is 0 Å². The molecule has 0 unspecified atom stereocenters. The lowest BCUT2D eigenvalue weighted by atomic mass is 10.2. The third-order valence-electron chi connectivity index (χ3n) is 1.64. The van der Waals surface area contributed by atoms with E-state index in [1.54, 1.807) is 24.5 Å². The predicted octanol–water partition coefficient (Wildman–Crippen LogP) is 2.97. The van der Waals surface area contributed by atoms with Crippen LogP contribution in [-0.4, -0.2) is 9.97 Å². The molecule has 0 radical (unpaired) electrons. The number of aromatic nitrogens is 2. The average molecular weight is 207 g/mol. The lowest BCUT2D eigenvalue weighted by Gasteiger charge is -1.99. The molecule has 0 amide bonds. The van der Waals surface area contributed by atoms with Crippen LogP contribution in [0.15, 0.2) is 43.8 Å². The molecule has 0 N–H and O–H groups in total. The van der Waals surface area contributed by atoms with Crippen molar-refractivity contribution < 1.29 is 0 Å². The molecule has 3 heteroatoms. The van der Waals surface area contributed by atoms with Gasteiger partial charge in [0.2, 0.25) is 0 Å². The summed E-state index contributed by atoms with van der Waals surface area (Å²) in [6.45, 7) is 7.28. The molecular formula is C11H11ClN2. The molecule has 1 aromatic rings. The highest BCUT2D eigenvalue weighted by Crippen LogP contribution is 2.10. The smallest absolute Gasteiger partial charge is 0.159 e. The highest BCUT2D eigenvalue weighted by Gasteiger charge is 1.99. The first kappa shape index (κ1) is 10.7.